The van der Waals surface area contributed by atoms with Crippen LogP contribution in [0.4, 0.5) is 36.8 Å². The molecule has 30 heavy (non-hydrogen) atoms. The predicted molar refractivity (Wildman–Crippen MR) is 96.6 cm³/mol. The normalized spacial score (nSPS) is 18.6. The van der Waals surface area contributed by atoms with Gasteiger partial charge in [-0.25, -0.2) is 4.79 Å². The zero-order chi connectivity index (χ0) is 23.0. The number of likely N-dealkylation sites (tertiary alicyclic amines) is 1. The van der Waals surface area contributed by atoms with E-state index in [1.54, 1.807) is 20.8 Å². The van der Waals surface area contributed by atoms with Gasteiger partial charge >= 0.3 is 18.4 Å². The summed E-state index contributed by atoms with van der Waals surface area (Å²) >= 11 is 0. The lowest BCUT2D eigenvalue weighted by atomic mass is 9.91. The number of carbonyl (C=O) groups is 1. The van der Waals surface area contributed by atoms with Crippen molar-refractivity contribution < 1.29 is 40.6 Å². The van der Waals surface area contributed by atoms with E-state index in [2.05, 4.69) is 4.74 Å². The molecule has 1 aromatic rings. The number of rotatable bonds is 4. The van der Waals surface area contributed by atoms with Gasteiger partial charge in [0.25, 0.3) is 5.60 Å². The van der Waals surface area contributed by atoms with Crippen LogP contribution in [0, 0.1) is 0 Å². The Hall–Kier alpha value is -2.17. The first kappa shape index (κ1) is 24.1. The molecular formula is C19H24F6N2O3. The van der Waals surface area contributed by atoms with Crippen molar-refractivity contribution in [3.63, 3.8) is 0 Å². The topological polar surface area (TPSA) is 64.8 Å². The summed E-state index contributed by atoms with van der Waals surface area (Å²) in [5.74, 6) is 0. The predicted octanol–water partition coefficient (Wildman–Crippen LogP) is 5.00. The lowest BCUT2D eigenvalue weighted by molar-refractivity contribution is -0.390. The monoisotopic (exact) mass is 442 g/mol. The molecule has 1 saturated heterocycles. The fourth-order valence-electron chi connectivity index (χ4n) is 3.28. The van der Waals surface area contributed by atoms with Crippen LogP contribution >= 0.6 is 0 Å². The molecule has 1 fully saturated rings. The first-order valence-corrected chi connectivity index (χ1v) is 9.21. The number of nitrogens with two attached hydrogens (primary N) is 1. The van der Waals surface area contributed by atoms with Gasteiger partial charge in [-0.15, -0.1) is 0 Å². The summed E-state index contributed by atoms with van der Waals surface area (Å²) in [5, 5.41) is 0. The summed E-state index contributed by atoms with van der Waals surface area (Å²) in [7, 11) is 0. The molecule has 0 radical (unpaired) electrons. The number of anilines is 1. The van der Waals surface area contributed by atoms with Crippen LogP contribution in [0.1, 0.15) is 39.2 Å². The SMILES string of the molecule is CC(C)(C)OC(=O)N1CCCC1COC(c1cccc(N)c1)(C(F)(F)F)C(F)(F)F. The fraction of sp³-hybridized carbons (Fsp3) is 0.632. The Morgan fingerprint density at radius 3 is 2.23 bits per heavy atom. The summed E-state index contributed by atoms with van der Waals surface area (Å²) in [4.78, 5) is 13.4. The number of hydrogen-bond acceptors (Lipinski definition) is 4. The van der Waals surface area contributed by atoms with Crippen LogP contribution in [0.3, 0.4) is 0 Å². The maximum absolute atomic E-state index is 13.8. The lowest BCUT2D eigenvalue weighted by Gasteiger charge is -2.39. The van der Waals surface area contributed by atoms with Gasteiger partial charge < -0.3 is 20.1 Å². The van der Waals surface area contributed by atoms with Gasteiger partial charge in [-0.3, -0.25) is 0 Å². The molecule has 2 N–H and O–H groups in total. The molecule has 2 rings (SSSR count). The van der Waals surface area contributed by atoms with E-state index >= 15 is 0 Å². The van der Waals surface area contributed by atoms with Crippen LogP contribution in [0.25, 0.3) is 0 Å². The maximum Gasteiger partial charge on any atom is 0.430 e. The smallest absolute Gasteiger partial charge is 0.430 e. The average Bonchev–Trinajstić information content (AvgIpc) is 3.00. The number of nitrogens with zero attached hydrogens (tertiary/aromatic N) is 1. The molecule has 1 amide bonds. The first-order valence-electron chi connectivity index (χ1n) is 9.21. The molecule has 1 aliphatic rings. The third kappa shape index (κ3) is 4.93. The van der Waals surface area contributed by atoms with Crippen LogP contribution in [-0.4, -0.2) is 48.1 Å². The Morgan fingerprint density at radius 2 is 1.73 bits per heavy atom. The minimum Gasteiger partial charge on any atom is -0.444 e. The van der Waals surface area contributed by atoms with Gasteiger partial charge in [0.15, 0.2) is 0 Å². The number of hydrogen-bond donors (Lipinski definition) is 1. The van der Waals surface area contributed by atoms with Gasteiger partial charge in [0, 0.05) is 17.8 Å². The van der Waals surface area contributed by atoms with E-state index < -0.39 is 47.9 Å². The van der Waals surface area contributed by atoms with Crippen molar-refractivity contribution in [2.75, 3.05) is 18.9 Å². The number of benzene rings is 1. The van der Waals surface area contributed by atoms with Crippen molar-refractivity contribution >= 4 is 11.8 Å². The van der Waals surface area contributed by atoms with E-state index in [0.717, 1.165) is 11.0 Å². The molecule has 0 aromatic heterocycles. The molecule has 1 atom stereocenters. The molecule has 0 spiro atoms. The van der Waals surface area contributed by atoms with Crippen LogP contribution in [0.2, 0.25) is 0 Å². The average molecular weight is 442 g/mol. The highest BCUT2D eigenvalue weighted by Crippen LogP contribution is 2.53. The molecule has 1 heterocycles. The molecule has 0 aliphatic carbocycles. The highest BCUT2D eigenvalue weighted by atomic mass is 19.4. The standard InChI is InChI=1S/C19H24F6N2O3/c1-16(2,3)30-15(28)27-9-5-8-14(27)11-29-17(18(20,21)22,19(23,24)25)12-6-4-7-13(26)10-12/h4,6-7,10,14H,5,8-9,11,26H2,1-3H3. The number of amides is 1. The Labute approximate surface area is 170 Å². The van der Waals surface area contributed by atoms with Crippen LogP contribution in [0.15, 0.2) is 24.3 Å². The lowest BCUT2D eigenvalue weighted by Crippen LogP contribution is -2.57. The Balaban J connectivity index is 2.37. The Kier molecular flexibility index (Phi) is 6.56. The van der Waals surface area contributed by atoms with E-state index in [0.29, 0.717) is 18.6 Å². The highest BCUT2D eigenvalue weighted by molar-refractivity contribution is 5.69. The summed E-state index contributed by atoms with van der Waals surface area (Å²) in [6.07, 6.45) is -11.9. The van der Waals surface area contributed by atoms with Gasteiger partial charge in [0.05, 0.1) is 12.6 Å². The van der Waals surface area contributed by atoms with Crippen molar-refractivity contribution in [2.24, 2.45) is 0 Å². The third-order valence-electron chi connectivity index (χ3n) is 4.59. The van der Waals surface area contributed by atoms with Crippen molar-refractivity contribution in [1.82, 2.24) is 4.90 Å². The second-order valence-electron chi connectivity index (χ2n) is 8.08. The third-order valence-corrected chi connectivity index (χ3v) is 4.59. The zero-order valence-electron chi connectivity index (χ0n) is 16.7. The Bertz CT molecular complexity index is 744. The number of carbonyl (C=O) groups excluding carboxylic acids is 1. The molecule has 170 valence electrons. The van der Waals surface area contributed by atoms with E-state index in [9.17, 15) is 31.1 Å². The summed E-state index contributed by atoms with van der Waals surface area (Å²) in [6, 6.07) is 2.41. The molecule has 1 unspecified atom stereocenters. The molecule has 0 bridgehead atoms. The van der Waals surface area contributed by atoms with Crippen molar-refractivity contribution in [1.29, 1.82) is 0 Å². The fourth-order valence-corrected chi connectivity index (χ4v) is 3.28. The maximum atomic E-state index is 13.8. The van der Waals surface area contributed by atoms with Crippen LogP contribution in [-0.2, 0) is 15.1 Å². The van der Waals surface area contributed by atoms with Crippen molar-refractivity contribution in [2.45, 2.75) is 63.2 Å². The van der Waals surface area contributed by atoms with Crippen molar-refractivity contribution in [3.05, 3.63) is 29.8 Å². The summed E-state index contributed by atoms with van der Waals surface area (Å²) < 4.78 is 92.9. The largest absolute Gasteiger partial charge is 0.444 e. The summed E-state index contributed by atoms with van der Waals surface area (Å²) in [6.45, 7) is 3.97. The summed E-state index contributed by atoms with van der Waals surface area (Å²) in [5.41, 5.74) is -1.48. The van der Waals surface area contributed by atoms with Crippen molar-refractivity contribution in [3.8, 4) is 0 Å². The van der Waals surface area contributed by atoms with E-state index in [1.807, 2.05) is 0 Å². The highest BCUT2D eigenvalue weighted by Gasteiger charge is 2.73. The molecule has 5 nitrogen and oxygen atoms in total. The minimum atomic E-state index is -5.83. The molecule has 1 aliphatic heterocycles. The number of halogens is 6. The second-order valence-corrected chi connectivity index (χ2v) is 8.08. The number of alkyl halides is 6. The van der Waals surface area contributed by atoms with Gasteiger partial charge in [0.2, 0.25) is 0 Å². The van der Waals surface area contributed by atoms with Crippen LogP contribution in [0.5, 0.6) is 0 Å². The van der Waals surface area contributed by atoms with Crippen LogP contribution < -0.4 is 5.73 Å². The number of nitrogen functional groups attached to an aromatic ring is 1. The minimum absolute atomic E-state index is 0.145. The van der Waals surface area contributed by atoms with E-state index in [1.165, 1.54) is 6.07 Å². The number of ether oxygens (including phenoxy) is 2. The van der Waals surface area contributed by atoms with Gasteiger partial charge in [-0.1, -0.05) is 12.1 Å². The first-order chi connectivity index (χ1) is 13.6. The van der Waals surface area contributed by atoms with Gasteiger partial charge in [-0.05, 0) is 45.7 Å². The van der Waals surface area contributed by atoms with E-state index in [4.69, 9.17) is 10.5 Å². The molecule has 0 saturated carbocycles. The second kappa shape index (κ2) is 8.16. The zero-order valence-corrected chi connectivity index (χ0v) is 16.7. The Morgan fingerprint density at radius 1 is 1.13 bits per heavy atom. The quantitative estimate of drug-likeness (QED) is 0.526. The molecular weight excluding hydrogens is 418 g/mol. The van der Waals surface area contributed by atoms with E-state index in [-0.39, 0.29) is 18.7 Å². The van der Waals surface area contributed by atoms with Gasteiger partial charge in [0.1, 0.15) is 5.60 Å². The molecule has 11 heteroatoms. The molecule has 1 aromatic carbocycles. The van der Waals surface area contributed by atoms with Gasteiger partial charge in [-0.2, -0.15) is 26.3 Å².